The summed E-state index contributed by atoms with van der Waals surface area (Å²) in [7, 11) is 0. The first-order chi connectivity index (χ1) is 14.0. The number of benzene rings is 1. The molecular weight excluding hydrogens is 386 g/mol. The third-order valence-electron chi connectivity index (χ3n) is 5.43. The monoisotopic (exact) mass is 417 g/mol. The van der Waals surface area contributed by atoms with Gasteiger partial charge in [0.2, 0.25) is 0 Å². The van der Waals surface area contributed by atoms with Crippen LogP contribution in [0, 0.1) is 28.4 Å². The Morgan fingerprint density at radius 1 is 1.30 bits per heavy atom. The van der Waals surface area contributed by atoms with E-state index in [4.69, 9.17) is 14.7 Å². The summed E-state index contributed by atoms with van der Waals surface area (Å²) in [6.07, 6.45) is -0.280. The van der Waals surface area contributed by atoms with Crippen LogP contribution in [0.4, 0.5) is 4.79 Å². The van der Waals surface area contributed by atoms with Crippen LogP contribution in [-0.2, 0) is 4.74 Å². The Morgan fingerprint density at radius 3 is 2.43 bits per heavy atom. The maximum absolute atomic E-state index is 13.3. The minimum Gasteiger partial charge on any atom is -0.633 e. The number of piperidine rings is 2. The molecule has 0 radical (unpaired) electrons. The first-order valence-electron chi connectivity index (χ1n) is 10.4. The summed E-state index contributed by atoms with van der Waals surface area (Å²) in [5.74, 6) is 0.761. The number of amides is 1. The van der Waals surface area contributed by atoms with Crippen molar-refractivity contribution in [3.63, 3.8) is 0 Å². The number of quaternary nitrogens is 1. The van der Waals surface area contributed by atoms with Gasteiger partial charge >= 0.3 is 6.09 Å². The summed E-state index contributed by atoms with van der Waals surface area (Å²) in [6.45, 7) is 7.41. The zero-order valence-electron chi connectivity index (χ0n) is 17.9. The van der Waals surface area contributed by atoms with Gasteiger partial charge in [-0.2, -0.15) is 5.26 Å². The van der Waals surface area contributed by atoms with E-state index in [0.29, 0.717) is 37.5 Å². The number of nitrogens with zero attached hydrogens (tertiary/aromatic N) is 3. The summed E-state index contributed by atoms with van der Waals surface area (Å²) < 4.78 is 10.6. The second-order valence-electron chi connectivity index (χ2n) is 9.56. The molecule has 2 aliphatic rings. The molecule has 2 fully saturated rings. The largest absolute Gasteiger partial charge is 0.633 e. The number of likely N-dealkylation sites (tertiary alicyclic amines) is 2. The van der Waals surface area contributed by atoms with E-state index in [0.717, 1.165) is 6.42 Å². The Kier molecular flexibility index (Phi) is 6.56. The number of hydrogen-bond acceptors (Lipinski definition) is 6. The molecule has 0 aliphatic carbocycles. The first-order valence-corrected chi connectivity index (χ1v) is 10.4. The van der Waals surface area contributed by atoms with Gasteiger partial charge in [0.15, 0.2) is 0 Å². The van der Waals surface area contributed by atoms with Gasteiger partial charge in [0.25, 0.3) is 0 Å². The fraction of sp³-hybridized carbons (Fsp3) is 0.636. The van der Waals surface area contributed by atoms with Crippen molar-refractivity contribution in [1.29, 1.82) is 5.26 Å². The number of ether oxygens (including phenoxy) is 2. The maximum atomic E-state index is 13.3. The van der Waals surface area contributed by atoms with Crippen LogP contribution in [0.15, 0.2) is 24.3 Å². The van der Waals surface area contributed by atoms with Crippen LogP contribution in [0.5, 0.6) is 5.75 Å². The van der Waals surface area contributed by atoms with Crippen molar-refractivity contribution < 1.29 is 24.0 Å². The van der Waals surface area contributed by atoms with Crippen molar-refractivity contribution in [2.75, 3.05) is 39.3 Å². The Morgan fingerprint density at radius 2 is 1.90 bits per heavy atom. The molecule has 1 aromatic rings. The van der Waals surface area contributed by atoms with E-state index in [2.05, 4.69) is 0 Å². The van der Waals surface area contributed by atoms with Crippen molar-refractivity contribution in [3.05, 3.63) is 35.0 Å². The quantitative estimate of drug-likeness (QED) is 0.583. The average Bonchev–Trinajstić information content (AvgIpc) is 2.64. The normalized spacial score (nSPS) is 27.1. The van der Waals surface area contributed by atoms with E-state index in [1.165, 1.54) is 0 Å². The molecule has 2 bridgehead atoms. The summed E-state index contributed by atoms with van der Waals surface area (Å²) in [5.41, 5.74) is -0.00615. The predicted octanol–water partition coefficient (Wildman–Crippen LogP) is 2.50. The number of carbonyl (C=O) groups is 1. The molecule has 1 amide bonds. The van der Waals surface area contributed by atoms with Gasteiger partial charge in [-0.15, -0.1) is 0 Å². The second kappa shape index (κ2) is 8.80. The van der Waals surface area contributed by atoms with Gasteiger partial charge in [0.1, 0.15) is 30.6 Å². The van der Waals surface area contributed by atoms with Gasteiger partial charge in [-0.25, -0.2) is 4.79 Å². The van der Waals surface area contributed by atoms with E-state index >= 15 is 0 Å². The lowest BCUT2D eigenvalue weighted by molar-refractivity contribution is -0.896. The molecular formula is C22H31N3O5. The van der Waals surface area contributed by atoms with Crippen LogP contribution in [0.3, 0.4) is 0 Å². The molecule has 1 aromatic carbocycles. The Labute approximate surface area is 177 Å². The predicted molar refractivity (Wildman–Crippen MR) is 110 cm³/mol. The van der Waals surface area contributed by atoms with Crippen LogP contribution in [0.1, 0.15) is 32.8 Å². The minimum atomic E-state index is -0.890. The summed E-state index contributed by atoms with van der Waals surface area (Å²) in [4.78, 5) is 14.1. The van der Waals surface area contributed by atoms with Crippen LogP contribution in [0.2, 0.25) is 0 Å². The van der Waals surface area contributed by atoms with Gasteiger partial charge < -0.3 is 29.3 Å². The summed E-state index contributed by atoms with van der Waals surface area (Å²) in [6, 6.07) is 8.67. The van der Waals surface area contributed by atoms with Crippen LogP contribution in [-0.4, -0.2) is 71.8 Å². The molecule has 0 spiro atoms. The number of aliphatic hydroxyl groups is 1. The highest BCUT2D eigenvalue weighted by Gasteiger charge is 2.42. The van der Waals surface area contributed by atoms with Crippen LogP contribution < -0.4 is 4.74 Å². The molecule has 0 saturated carbocycles. The topological polar surface area (TPSA) is 106 Å². The molecule has 2 saturated heterocycles. The molecule has 164 valence electrons. The van der Waals surface area contributed by atoms with Crippen LogP contribution in [0.25, 0.3) is 0 Å². The number of hydroxylamine groups is 3. The summed E-state index contributed by atoms with van der Waals surface area (Å²) in [5, 5.41) is 32.5. The fourth-order valence-corrected chi connectivity index (χ4v) is 4.48. The number of aliphatic hydroxyl groups excluding tert-OH is 1. The summed E-state index contributed by atoms with van der Waals surface area (Å²) >= 11 is 0. The van der Waals surface area contributed by atoms with E-state index < -0.39 is 16.4 Å². The van der Waals surface area contributed by atoms with E-state index in [1.54, 1.807) is 29.2 Å². The highest BCUT2D eigenvalue weighted by atomic mass is 16.6. The smallest absolute Gasteiger partial charge is 0.410 e. The van der Waals surface area contributed by atoms with Crippen molar-refractivity contribution in [2.24, 2.45) is 11.8 Å². The second-order valence-corrected chi connectivity index (χ2v) is 9.56. The van der Waals surface area contributed by atoms with Gasteiger partial charge in [-0.3, -0.25) is 0 Å². The third-order valence-corrected chi connectivity index (χ3v) is 5.43. The first kappa shape index (κ1) is 22.3. The zero-order valence-corrected chi connectivity index (χ0v) is 17.9. The molecule has 30 heavy (non-hydrogen) atoms. The molecule has 0 aromatic heterocycles. The number of fused-ring (bicyclic) bond motifs is 2. The molecule has 1 N–H and O–H groups in total. The minimum absolute atomic E-state index is 0.0213. The lowest BCUT2D eigenvalue weighted by Gasteiger charge is -2.54. The molecule has 8 nitrogen and oxygen atoms in total. The molecule has 3 atom stereocenters. The average molecular weight is 418 g/mol. The van der Waals surface area contributed by atoms with Crippen molar-refractivity contribution in [1.82, 2.24) is 4.90 Å². The lowest BCUT2D eigenvalue weighted by Crippen LogP contribution is -2.62. The maximum Gasteiger partial charge on any atom is 0.410 e. The molecule has 2 unspecified atom stereocenters. The third kappa shape index (κ3) is 6.08. The molecule has 3 rings (SSSR count). The Balaban J connectivity index is 1.50. The number of nitriles is 1. The molecule has 2 aliphatic heterocycles. The lowest BCUT2D eigenvalue weighted by atomic mass is 9.84. The van der Waals surface area contributed by atoms with Crippen LogP contribution >= 0.6 is 0 Å². The molecule has 2 heterocycles. The van der Waals surface area contributed by atoms with Gasteiger partial charge in [0.05, 0.1) is 24.7 Å². The van der Waals surface area contributed by atoms with E-state index in [1.807, 2.05) is 26.8 Å². The van der Waals surface area contributed by atoms with Crippen molar-refractivity contribution in [2.45, 2.75) is 38.9 Å². The van der Waals surface area contributed by atoms with Crippen molar-refractivity contribution >= 4 is 6.09 Å². The van der Waals surface area contributed by atoms with Gasteiger partial charge in [-0.05, 0) is 51.5 Å². The van der Waals surface area contributed by atoms with Gasteiger partial charge in [-0.1, -0.05) is 0 Å². The van der Waals surface area contributed by atoms with Crippen molar-refractivity contribution in [3.8, 4) is 11.8 Å². The molecule has 8 heteroatoms. The standard InChI is InChI=1S/C22H31N3O5/c1-22(2,3)30-21(27)24-10-17-8-18(11-24)13-25(28,12-17)14-19(26)15-29-20-6-4-16(9-23)5-7-20/h4-7,17-19,26H,8,10-15H2,1-3H3/t17?,18?,19-,25?/m0/s1. The van der Waals surface area contributed by atoms with E-state index in [9.17, 15) is 15.1 Å². The van der Waals surface area contributed by atoms with E-state index in [-0.39, 0.29) is 31.1 Å². The number of hydrogen-bond donors (Lipinski definition) is 1. The number of carbonyl (C=O) groups excluding carboxylic acids is 1. The fourth-order valence-electron chi connectivity index (χ4n) is 4.48. The SMILES string of the molecule is CC(C)(C)OC(=O)N1CC2CC(C1)C[N+]([O-])(C[C@H](O)COc1ccc(C#N)cc1)C2. The highest BCUT2D eigenvalue weighted by molar-refractivity contribution is 5.68. The highest BCUT2D eigenvalue weighted by Crippen LogP contribution is 2.33. The Bertz CT molecular complexity index is 769. The number of rotatable bonds is 5. The zero-order chi connectivity index (χ0) is 21.9. The van der Waals surface area contributed by atoms with Gasteiger partial charge in [0, 0.05) is 24.9 Å². The Hall–Kier alpha value is -2.34.